The molecule has 2 aromatic heterocycles. The summed E-state index contributed by atoms with van der Waals surface area (Å²) < 4.78 is 18.6. The van der Waals surface area contributed by atoms with E-state index in [1.54, 1.807) is 13.4 Å². The minimum atomic E-state index is -0.386. The van der Waals surface area contributed by atoms with E-state index in [0.29, 0.717) is 24.4 Å². The molecule has 2 unspecified atom stereocenters. The maximum atomic E-state index is 8.20. The largest absolute Gasteiger partial charge is 0.489 e. The van der Waals surface area contributed by atoms with Crippen LogP contribution in [0, 0.1) is 5.41 Å². The number of aromatic nitrogens is 4. The minimum absolute atomic E-state index is 0.0340. The molecule has 2 N–H and O–H groups in total. The average molecular weight is 510 g/mol. The lowest BCUT2D eigenvalue weighted by Crippen LogP contribution is -2.19. The first-order chi connectivity index (χ1) is 18.6. The van der Waals surface area contributed by atoms with Crippen molar-refractivity contribution >= 4 is 11.2 Å². The van der Waals surface area contributed by atoms with Crippen molar-refractivity contribution in [2.45, 2.75) is 32.3 Å². The van der Waals surface area contributed by atoms with Gasteiger partial charge in [0.2, 0.25) is 0 Å². The van der Waals surface area contributed by atoms with Crippen molar-refractivity contribution in [1.29, 1.82) is 5.41 Å². The molecule has 0 radical (unpaired) electrons. The third kappa shape index (κ3) is 5.82. The standard InChI is InChI=1S/C23H25N5O2.C7H6O/c1-16(13-30-14-17-9-5-3-6-10-17)21-26-19-20(24)25-15-28(22(19)27-21)23(29-2)18-11-7-4-8-12-18;1-2-6-4-7(3-1)8-5-6/h3-12,15-16,23-24H,13-14H2,1-2H3,(H,26,27);1-4H,5H2. The number of nitrogens with one attached hydrogen (secondary N) is 2. The summed E-state index contributed by atoms with van der Waals surface area (Å²) in [6, 6.07) is 28.1. The summed E-state index contributed by atoms with van der Waals surface area (Å²) in [7, 11) is 1.65. The highest BCUT2D eigenvalue weighted by molar-refractivity contribution is 5.69. The molecule has 0 aliphatic carbocycles. The van der Waals surface area contributed by atoms with Gasteiger partial charge in [-0.3, -0.25) is 9.98 Å². The number of H-pyrrole nitrogens is 1. The summed E-state index contributed by atoms with van der Waals surface area (Å²) in [4.78, 5) is 12.3. The number of hydrogen-bond acceptors (Lipinski definition) is 6. The van der Waals surface area contributed by atoms with Crippen LogP contribution >= 0.6 is 0 Å². The Morgan fingerprint density at radius 3 is 2.50 bits per heavy atom. The van der Waals surface area contributed by atoms with E-state index in [2.05, 4.69) is 29.0 Å². The number of imidazole rings is 1. The van der Waals surface area contributed by atoms with Gasteiger partial charge >= 0.3 is 0 Å². The Bertz CT molecular complexity index is 1510. The van der Waals surface area contributed by atoms with E-state index in [-0.39, 0.29) is 17.6 Å². The van der Waals surface area contributed by atoms with E-state index in [4.69, 9.17) is 24.6 Å². The van der Waals surface area contributed by atoms with Gasteiger partial charge in [0.25, 0.3) is 0 Å². The maximum Gasteiger partial charge on any atom is 0.173 e. The number of ether oxygens (including phenoxy) is 3. The van der Waals surface area contributed by atoms with Crippen molar-refractivity contribution in [1.82, 2.24) is 19.5 Å². The zero-order valence-corrected chi connectivity index (χ0v) is 21.5. The molecule has 2 atom stereocenters. The molecule has 38 heavy (non-hydrogen) atoms. The van der Waals surface area contributed by atoms with Gasteiger partial charge in [0.15, 0.2) is 17.4 Å². The van der Waals surface area contributed by atoms with E-state index >= 15 is 0 Å². The first-order valence-corrected chi connectivity index (χ1v) is 12.5. The lowest BCUT2D eigenvalue weighted by atomic mass is 10.2. The predicted octanol–water partition coefficient (Wildman–Crippen LogP) is 5.33. The summed E-state index contributed by atoms with van der Waals surface area (Å²) in [5.74, 6) is 1.80. The Balaban J connectivity index is 0.000000310. The van der Waals surface area contributed by atoms with Crippen molar-refractivity contribution in [3.8, 4) is 5.75 Å². The molecule has 2 bridgehead atoms. The fourth-order valence-electron chi connectivity index (χ4n) is 4.30. The molecule has 0 saturated heterocycles. The highest BCUT2D eigenvalue weighted by Gasteiger charge is 2.19. The summed E-state index contributed by atoms with van der Waals surface area (Å²) in [6.07, 6.45) is 1.22. The quantitative estimate of drug-likeness (QED) is 0.295. The first kappa shape index (κ1) is 25.4. The number of rotatable bonds is 8. The summed E-state index contributed by atoms with van der Waals surface area (Å²) >= 11 is 0. The Labute approximate surface area is 221 Å². The highest BCUT2D eigenvalue weighted by atomic mass is 16.5. The van der Waals surface area contributed by atoms with Gasteiger partial charge in [-0.1, -0.05) is 79.7 Å². The number of nitrogens with zero attached hydrogens (tertiary/aromatic N) is 3. The summed E-state index contributed by atoms with van der Waals surface area (Å²) in [6.45, 7) is 3.88. The van der Waals surface area contributed by atoms with Gasteiger partial charge < -0.3 is 19.2 Å². The highest BCUT2D eigenvalue weighted by Crippen LogP contribution is 2.24. The Kier molecular flexibility index (Phi) is 7.92. The first-order valence-electron chi connectivity index (χ1n) is 12.5. The van der Waals surface area contributed by atoms with Crippen LogP contribution in [0.1, 0.15) is 41.6 Å². The third-order valence-corrected chi connectivity index (χ3v) is 6.31. The van der Waals surface area contributed by atoms with Gasteiger partial charge in [0.1, 0.15) is 30.0 Å². The molecular formula is C30H31N5O3. The molecule has 1 aliphatic heterocycles. The second kappa shape index (κ2) is 11.9. The number of fused-ring (bicyclic) bond motifs is 3. The molecule has 1 aliphatic rings. The Morgan fingerprint density at radius 2 is 1.79 bits per heavy atom. The van der Waals surface area contributed by atoms with E-state index in [1.165, 1.54) is 5.56 Å². The second-order valence-electron chi connectivity index (χ2n) is 9.16. The monoisotopic (exact) mass is 509 g/mol. The Morgan fingerprint density at radius 1 is 1.03 bits per heavy atom. The van der Waals surface area contributed by atoms with Crippen LogP contribution in [0.2, 0.25) is 0 Å². The SMILES string of the molecule is COC(c1ccccc1)n1cnc(=N)c2[nH]c(C(C)COCc3ccccc3)nc21.c1cc2cc(c1)OC2. The molecule has 0 amide bonds. The van der Waals surface area contributed by atoms with E-state index < -0.39 is 0 Å². The molecule has 8 nitrogen and oxygen atoms in total. The molecule has 0 spiro atoms. The molecule has 8 heteroatoms. The van der Waals surface area contributed by atoms with Crippen molar-refractivity contribution in [2.75, 3.05) is 13.7 Å². The van der Waals surface area contributed by atoms with E-state index in [9.17, 15) is 0 Å². The summed E-state index contributed by atoms with van der Waals surface area (Å²) in [5, 5.41) is 8.20. The smallest absolute Gasteiger partial charge is 0.173 e. The van der Waals surface area contributed by atoms with E-state index in [0.717, 1.165) is 29.3 Å². The molecular weight excluding hydrogens is 478 g/mol. The molecule has 6 rings (SSSR count). The van der Waals surface area contributed by atoms with Crippen LogP contribution in [0.25, 0.3) is 11.2 Å². The molecule has 0 saturated carbocycles. The van der Waals surface area contributed by atoms with Crippen molar-refractivity contribution < 1.29 is 14.2 Å². The van der Waals surface area contributed by atoms with Crippen LogP contribution in [-0.4, -0.2) is 33.2 Å². The van der Waals surface area contributed by atoms with E-state index in [1.807, 2.05) is 77.4 Å². The molecule has 194 valence electrons. The average Bonchev–Trinajstić information content (AvgIpc) is 3.55. The number of hydrogen-bond donors (Lipinski definition) is 2. The normalized spacial score (nSPS) is 13.4. The van der Waals surface area contributed by atoms with Gasteiger partial charge in [-0.25, -0.2) is 9.97 Å². The lowest BCUT2D eigenvalue weighted by Gasteiger charge is -2.19. The zero-order valence-electron chi connectivity index (χ0n) is 21.5. The lowest BCUT2D eigenvalue weighted by molar-refractivity contribution is 0.0804. The van der Waals surface area contributed by atoms with Crippen LogP contribution in [-0.2, 0) is 22.7 Å². The van der Waals surface area contributed by atoms with Gasteiger partial charge in [-0.15, -0.1) is 0 Å². The van der Waals surface area contributed by atoms with Gasteiger partial charge in [0, 0.05) is 18.6 Å². The molecule has 3 heterocycles. The van der Waals surface area contributed by atoms with Crippen LogP contribution in [0.15, 0.2) is 91.3 Å². The number of aromatic amines is 1. The van der Waals surface area contributed by atoms with Gasteiger partial charge in [-0.2, -0.15) is 0 Å². The fraction of sp³-hybridized carbons (Fsp3) is 0.233. The number of methoxy groups -OCH3 is 1. The van der Waals surface area contributed by atoms with Gasteiger partial charge in [0.05, 0.1) is 13.2 Å². The maximum absolute atomic E-state index is 8.20. The van der Waals surface area contributed by atoms with Crippen molar-refractivity contribution in [3.63, 3.8) is 0 Å². The third-order valence-electron chi connectivity index (χ3n) is 6.31. The second-order valence-corrected chi connectivity index (χ2v) is 9.16. The topological polar surface area (TPSA) is 98.0 Å². The molecule has 0 fully saturated rings. The van der Waals surface area contributed by atoms with Crippen LogP contribution in [0.4, 0.5) is 0 Å². The van der Waals surface area contributed by atoms with Gasteiger partial charge in [-0.05, 0) is 23.3 Å². The van der Waals surface area contributed by atoms with Crippen LogP contribution in [0.5, 0.6) is 5.75 Å². The Hall–Kier alpha value is -4.27. The fourth-order valence-corrected chi connectivity index (χ4v) is 4.30. The minimum Gasteiger partial charge on any atom is -0.489 e. The number of benzene rings is 3. The predicted molar refractivity (Wildman–Crippen MR) is 145 cm³/mol. The van der Waals surface area contributed by atoms with Crippen molar-refractivity contribution in [2.24, 2.45) is 0 Å². The van der Waals surface area contributed by atoms with Crippen LogP contribution < -0.4 is 10.2 Å². The van der Waals surface area contributed by atoms with Crippen LogP contribution in [0.3, 0.4) is 0 Å². The zero-order chi connectivity index (χ0) is 26.3. The summed E-state index contributed by atoms with van der Waals surface area (Å²) in [5.41, 5.74) is 4.77. The molecule has 3 aromatic carbocycles. The molecule has 5 aromatic rings. The van der Waals surface area contributed by atoms with Crippen molar-refractivity contribution in [3.05, 3.63) is 119 Å².